The van der Waals surface area contributed by atoms with Crippen LogP contribution in [-0.4, -0.2) is 29.6 Å². The normalized spacial score (nSPS) is 17.5. The highest BCUT2D eigenvalue weighted by Gasteiger charge is 2.10. The highest BCUT2D eigenvalue weighted by atomic mass is 79.9. The Kier molecular flexibility index (Phi) is 4.65. The average Bonchev–Trinajstić information content (AvgIpc) is 2.58. The summed E-state index contributed by atoms with van der Waals surface area (Å²) in [6, 6.07) is 4.26. The van der Waals surface area contributed by atoms with E-state index in [9.17, 15) is 0 Å². The van der Waals surface area contributed by atoms with Gasteiger partial charge in [-0.2, -0.15) is 0 Å². The Bertz CT molecular complexity index is 297. The molecular formula is C10H13BrN2S2. The first-order valence-corrected chi connectivity index (χ1v) is 8.51. The van der Waals surface area contributed by atoms with Crippen molar-refractivity contribution in [2.45, 2.75) is 5.33 Å². The third-order valence-corrected chi connectivity index (χ3v) is 5.27. The standard InChI is InChI=1S/C10H13BrN2S2/c11-7-9-1-2-10(12-8-9)13-3-5-14-15-6-4-13/h1-2,8H,3-7H2. The fourth-order valence-corrected chi connectivity index (χ4v) is 3.75. The van der Waals surface area contributed by atoms with Crippen molar-refractivity contribution in [3.05, 3.63) is 23.9 Å². The summed E-state index contributed by atoms with van der Waals surface area (Å²) in [4.78, 5) is 6.86. The summed E-state index contributed by atoms with van der Waals surface area (Å²) in [5.41, 5.74) is 1.23. The number of anilines is 1. The lowest BCUT2D eigenvalue weighted by Crippen LogP contribution is -2.27. The molecule has 0 N–H and O–H groups in total. The molecule has 1 aromatic rings. The second-order valence-electron chi connectivity index (χ2n) is 3.29. The molecule has 5 heteroatoms. The number of halogens is 1. The molecule has 0 spiro atoms. The van der Waals surface area contributed by atoms with Crippen LogP contribution in [0.2, 0.25) is 0 Å². The van der Waals surface area contributed by atoms with Crippen LogP contribution in [0.25, 0.3) is 0 Å². The predicted molar refractivity (Wildman–Crippen MR) is 74.0 cm³/mol. The zero-order valence-corrected chi connectivity index (χ0v) is 11.6. The molecule has 0 atom stereocenters. The quantitative estimate of drug-likeness (QED) is 0.616. The van der Waals surface area contributed by atoms with Crippen LogP contribution in [0.5, 0.6) is 0 Å². The van der Waals surface area contributed by atoms with Gasteiger partial charge in [-0.1, -0.05) is 43.6 Å². The summed E-state index contributed by atoms with van der Waals surface area (Å²) in [5.74, 6) is 3.49. The fraction of sp³-hybridized carbons (Fsp3) is 0.500. The fourth-order valence-electron chi connectivity index (χ4n) is 1.44. The Morgan fingerprint density at radius 1 is 1.27 bits per heavy atom. The second kappa shape index (κ2) is 6.01. The average molecular weight is 305 g/mol. The predicted octanol–water partition coefficient (Wildman–Crippen LogP) is 3.18. The Morgan fingerprint density at radius 2 is 2.00 bits per heavy atom. The summed E-state index contributed by atoms with van der Waals surface area (Å²) in [7, 11) is 3.92. The molecule has 1 aliphatic rings. The molecule has 0 amide bonds. The van der Waals surface area contributed by atoms with Crippen LogP contribution in [0.1, 0.15) is 5.56 Å². The monoisotopic (exact) mass is 304 g/mol. The lowest BCUT2D eigenvalue weighted by atomic mass is 10.3. The second-order valence-corrected chi connectivity index (χ2v) is 6.55. The summed E-state index contributed by atoms with van der Waals surface area (Å²) in [5, 5.41) is 0.881. The Balaban J connectivity index is 2.06. The maximum atomic E-state index is 4.49. The third kappa shape index (κ3) is 3.29. The van der Waals surface area contributed by atoms with Crippen molar-refractivity contribution in [2.75, 3.05) is 29.5 Å². The number of hydrogen-bond donors (Lipinski definition) is 0. The van der Waals surface area contributed by atoms with Crippen LogP contribution in [0, 0.1) is 0 Å². The minimum absolute atomic E-state index is 0.881. The van der Waals surface area contributed by atoms with E-state index in [0.29, 0.717) is 0 Å². The molecule has 15 heavy (non-hydrogen) atoms. The van der Waals surface area contributed by atoms with Gasteiger partial charge in [0.05, 0.1) is 0 Å². The maximum absolute atomic E-state index is 4.49. The molecule has 2 nitrogen and oxygen atoms in total. The van der Waals surface area contributed by atoms with E-state index in [0.717, 1.165) is 24.2 Å². The minimum atomic E-state index is 0.881. The van der Waals surface area contributed by atoms with Gasteiger partial charge in [-0.3, -0.25) is 0 Å². The number of alkyl halides is 1. The first-order valence-electron chi connectivity index (χ1n) is 4.90. The van der Waals surface area contributed by atoms with Crippen LogP contribution in [-0.2, 0) is 5.33 Å². The van der Waals surface area contributed by atoms with E-state index in [2.05, 4.69) is 37.9 Å². The number of hydrogen-bond acceptors (Lipinski definition) is 4. The van der Waals surface area contributed by atoms with E-state index in [1.807, 2.05) is 27.8 Å². The molecule has 0 saturated carbocycles. The minimum Gasteiger partial charge on any atom is -0.355 e. The summed E-state index contributed by atoms with van der Waals surface area (Å²) >= 11 is 3.43. The third-order valence-electron chi connectivity index (χ3n) is 2.26. The van der Waals surface area contributed by atoms with Gasteiger partial charge in [0.25, 0.3) is 0 Å². The van der Waals surface area contributed by atoms with E-state index in [-0.39, 0.29) is 0 Å². The number of pyridine rings is 1. The highest BCUT2D eigenvalue weighted by Crippen LogP contribution is 2.25. The van der Waals surface area contributed by atoms with Gasteiger partial charge in [-0.25, -0.2) is 4.98 Å². The largest absolute Gasteiger partial charge is 0.355 e. The molecular weight excluding hydrogens is 292 g/mol. The molecule has 0 bridgehead atoms. The van der Waals surface area contributed by atoms with Crippen LogP contribution in [0.15, 0.2) is 18.3 Å². The van der Waals surface area contributed by atoms with Crippen LogP contribution < -0.4 is 4.90 Å². The van der Waals surface area contributed by atoms with Crippen LogP contribution in [0.3, 0.4) is 0 Å². The van der Waals surface area contributed by atoms with Gasteiger partial charge in [0.2, 0.25) is 0 Å². The number of nitrogens with zero attached hydrogens (tertiary/aromatic N) is 2. The maximum Gasteiger partial charge on any atom is 0.128 e. The molecule has 1 saturated heterocycles. The van der Waals surface area contributed by atoms with Gasteiger partial charge in [-0.05, 0) is 11.6 Å². The first kappa shape index (κ1) is 11.6. The van der Waals surface area contributed by atoms with E-state index in [1.54, 1.807) is 0 Å². The van der Waals surface area contributed by atoms with Crippen LogP contribution in [0.4, 0.5) is 5.82 Å². The van der Waals surface area contributed by atoms with E-state index < -0.39 is 0 Å². The molecule has 0 aromatic carbocycles. The van der Waals surface area contributed by atoms with Gasteiger partial charge < -0.3 is 4.90 Å². The summed E-state index contributed by atoms with van der Waals surface area (Å²) in [6.07, 6.45) is 1.95. The summed E-state index contributed by atoms with van der Waals surface area (Å²) < 4.78 is 0. The molecule has 2 rings (SSSR count). The number of aromatic nitrogens is 1. The van der Waals surface area contributed by atoms with E-state index in [1.165, 1.54) is 17.1 Å². The zero-order valence-electron chi connectivity index (χ0n) is 8.36. The van der Waals surface area contributed by atoms with Crippen molar-refractivity contribution in [1.82, 2.24) is 4.98 Å². The SMILES string of the molecule is BrCc1ccc(N2CCSSCC2)nc1. The molecule has 2 heterocycles. The van der Waals surface area contributed by atoms with Crippen molar-refractivity contribution in [3.8, 4) is 0 Å². The molecule has 0 aliphatic carbocycles. The lowest BCUT2D eigenvalue weighted by Gasteiger charge is -2.20. The van der Waals surface area contributed by atoms with Crippen molar-refractivity contribution < 1.29 is 0 Å². The molecule has 1 aromatic heterocycles. The molecule has 0 radical (unpaired) electrons. The van der Waals surface area contributed by atoms with E-state index >= 15 is 0 Å². The lowest BCUT2D eigenvalue weighted by molar-refractivity contribution is 0.861. The zero-order chi connectivity index (χ0) is 10.5. The van der Waals surface area contributed by atoms with Gasteiger partial charge in [0.15, 0.2) is 0 Å². The van der Waals surface area contributed by atoms with Crippen LogP contribution >= 0.6 is 37.5 Å². The van der Waals surface area contributed by atoms with Crippen molar-refractivity contribution in [3.63, 3.8) is 0 Å². The van der Waals surface area contributed by atoms with Gasteiger partial charge in [0, 0.05) is 36.1 Å². The van der Waals surface area contributed by atoms with Crippen molar-refractivity contribution in [2.24, 2.45) is 0 Å². The van der Waals surface area contributed by atoms with Gasteiger partial charge in [-0.15, -0.1) is 0 Å². The molecule has 0 unspecified atom stereocenters. The smallest absolute Gasteiger partial charge is 0.128 e. The van der Waals surface area contributed by atoms with E-state index in [4.69, 9.17) is 0 Å². The molecule has 1 fully saturated rings. The Labute approximate surface area is 107 Å². The highest BCUT2D eigenvalue weighted by molar-refractivity contribution is 9.08. The summed E-state index contributed by atoms with van der Waals surface area (Å²) in [6.45, 7) is 2.22. The van der Waals surface area contributed by atoms with Gasteiger partial charge >= 0.3 is 0 Å². The topological polar surface area (TPSA) is 16.1 Å². The van der Waals surface area contributed by atoms with Crippen molar-refractivity contribution in [1.29, 1.82) is 0 Å². The van der Waals surface area contributed by atoms with Gasteiger partial charge in [0.1, 0.15) is 5.82 Å². The Morgan fingerprint density at radius 3 is 2.53 bits per heavy atom. The molecule has 82 valence electrons. The molecule has 1 aliphatic heterocycles. The number of rotatable bonds is 2. The Hall–Kier alpha value is 0.130. The first-order chi connectivity index (χ1) is 7.40. The van der Waals surface area contributed by atoms with Crippen molar-refractivity contribution >= 4 is 43.3 Å².